The molecule has 0 amide bonds. The second kappa shape index (κ2) is 15.9. The average molecular weight is 553 g/mol. The van der Waals surface area contributed by atoms with Gasteiger partial charge >= 0.3 is 16.5 Å². The van der Waals surface area contributed by atoms with Crippen LogP contribution in [0, 0.1) is 0 Å². The van der Waals surface area contributed by atoms with Crippen molar-refractivity contribution in [2.45, 2.75) is 13.2 Å². The Hall–Kier alpha value is -3.99. The Labute approximate surface area is 222 Å². The molecule has 0 aliphatic rings. The fourth-order valence-corrected chi connectivity index (χ4v) is 3.14. The monoisotopic (exact) mass is 552 g/mol. The van der Waals surface area contributed by atoms with Gasteiger partial charge in [0.15, 0.2) is 0 Å². The maximum Gasteiger partial charge on any atom is 2.00 e. The zero-order valence-electron chi connectivity index (χ0n) is 19.4. The number of hydrogen-bond donors (Lipinski definition) is 2. The molecule has 11 heteroatoms. The van der Waals surface area contributed by atoms with Crippen molar-refractivity contribution >= 4 is 11.9 Å². The van der Waals surface area contributed by atoms with Crippen LogP contribution in [0.3, 0.4) is 0 Å². The van der Waals surface area contributed by atoms with E-state index in [1.165, 1.54) is 24.3 Å². The Balaban J connectivity index is 0.000000648. The molecule has 0 aliphatic heterocycles. The average Bonchev–Trinajstić information content (AvgIpc) is 2.89. The predicted octanol–water partition coefficient (Wildman–Crippen LogP) is -0.638. The quantitative estimate of drug-likeness (QED) is 0.231. The first kappa shape index (κ1) is 33.0. The van der Waals surface area contributed by atoms with Gasteiger partial charge in [0.25, 0.3) is 0 Å². The van der Waals surface area contributed by atoms with E-state index in [1.54, 1.807) is 60.9 Å². The molecule has 2 aromatic carbocycles. The fourth-order valence-electron chi connectivity index (χ4n) is 3.14. The van der Waals surface area contributed by atoms with Crippen molar-refractivity contribution < 1.29 is 57.5 Å². The number of carboxylic acids is 2. The molecule has 0 spiro atoms. The fraction of sp³-hybridized carbons (Fsp3) is 0.0769. The zero-order chi connectivity index (χ0) is 24.5. The first-order valence-electron chi connectivity index (χ1n) is 10.2. The largest absolute Gasteiger partial charge is 2.00 e. The topological polar surface area (TPSA) is 212 Å². The molecule has 0 saturated carbocycles. The number of aromatic carboxylic acids is 2. The summed E-state index contributed by atoms with van der Waals surface area (Å²) in [6.45, 7) is -0.290. The van der Waals surface area contributed by atoms with Gasteiger partial charge in [0.05, 0.1) is 36.5 Å². The number of hydrogen-bond acceptors (Lipinski definition) is 8. The van der Waals surface area contributed by atoms with Crippen LogP contribution in [0.1, 0.15) is 32.1 Å². The van der Waals surface area contributed by atoms with Crippen molar-refractivity contribution in [3.05, 3.63) is 108 Å². The van der Waals surface area contributed by atoms with Crippen LogP contribution < -0.4 is 10.2 Å². The van der Waals surface area contributed by atoms with Crippen molar-refractivity contribution in [3.8, 4) is 22.3 Å². The van der Waals surface area contributed by atoms with Crippen LogP contribution in [0.2, 0.25) is 0 Å². The minimum absolute atomic E-state index is 0. The number of pyridine rings is 2. The van der Waals surface area contributed by atoms with Gasteiger partial charge in [-0.05, 0) is 69.8 Å². The SMILES string of the molecule is O=C([O-])c1cccc(-c2ccnc(CO)c2)c1.O=C([O-])c1cccc(-c2ccnc(CO)c2)c1.[Ni+2].[OH3+].[OH3+]. The van der Waals surface area contributed by atoms with Crippen LogP contribution in [-0.2, 0) is 40.7 Å². The van der Waals surface area contributed by atoms with Gasteiger partial charge in [-0.2, -0.15) is 0 Å². The number of benzene rings is 2. The van der Waals surface area contributed by atoms with E-state index in [0.29, 0.717) is 11.4 Å². The number of carbonyl (C=O) groups is 2. The molecule has 0 unspecified atom stereocenters. The molecule has 0 aliphatic carbocycles. The normalized spacial score (nSPS) is 9.35. The second-order valence-electron chi connectivity index (χ2n) is 7.12. The first-order valence-corrected chi connectivity index (χ1v) is 10.2. The van der Waals surface area contributed by atoms with Crippen LogP contribution in [0.25, 0.3) is 22.3 Å². The van der Waals surface area contributed by atoms with Gasteiger partial charge in [-0.25, -0.2) is 0 Å². The maximum atomic E-state index is 10.7. The third-order valence-corrected chi connectivity index (χ3v) is 4.82. The number of nitrogens with zero attached hydrogens (tertiary/aromatic N) is 2. The van der Waals surface area contributed by atoms with E-state index in [1.807, 2.05) is 0 Å². The standard InChI is InChI=1S/2C13H11NO3.Ni.2H2O/c2*15-8-12-7-10(4-5-14-12)9-2-1-3-11(6-9)13(16)17;;;/h2*1-7,15H,8H2,(H,16,17);;2*1H2/q;;+2;;. The van der Waals surface area contributed by atoms with Crippen molar-refractivity contribution in [3.63, 3.8) is 0 Å². The maximum absolute atomic E-state index is 10.7. The van der Waals surface area contributed by atoms with E-state index in [-0.39, 0.29) is 51.8 Å². The molecule has 0 saturated heterocycles. The third kappa shape index (κ3) is 9.19. The van der Waals surface area contributed by atoms with Crippen molar-refractivity contribution in [2.24, 2.45) is 0 Å². The summed E-state index contributed by atoms with van der Waals surface area (Å²) in [5.74, 6) is -2.41. The Morgan fingerprint density at radius 2 is 0.973 bits per heavy atom. The molecule has 8 N–H and O–H groups in total. The van der Waals surface area contributed by atoms with E-state index in [2.05, 4.69) is 9.97 Å². The molecule has 0 radical (unpaired) electrons. The molecule has 10 nitrogen and oxygen atoms in total. The molecule has 4 aromatic rings. The summed E-state index contributed by atoms with van der Waals surface area (Å²) in [6, 6.07) is 19.9. The number of aliphatic hydroxyl groups is 2. The van der Waals surface area contributed by atoms with E-state index in [9.17, 15) is 19.8 Å². The first-order chi connectivity index (χ1) is 16.4. The smallest absolute Gasteiger partial charge is 0.545 e. The van der Waals surface area contributed by atoms with E-state index in [4.69, 9.17) is 10.2 Å². The molecule has 0 fully saturated rings. The summed E-state index contributed by atoms with van der Waals surface area (Å²) < 4.78 is 0. The Morgan fingerprint density at radius 1 is 0.622 bits per heavy atom. The van der Waals surface area contributed by atoms with Gasteiger partial charge in [-0.3, -0.25) is 9.97 Å². The Bertz CT molecular complexity index is 1220. The molecular weight excluding hydrogens is 527 g/mol. The number of carbonyl (C=O) groups excluding carboxylic acids is 2. The number of carboxylic acid groups (broad SMARTS) is 2. The van der Waals surface area contributed by atoms with E-state index in [0.717, 1.165) is 22.3 Å². The molecule has 4 rings (SSSR count). The third-order valence-electron chi connectivity index (χ3n) is 4.82. The van der Waals surface area contributed by atoms with Gasteiger partial charge in [0.1, 0.15) is 0 Å². The van der Waals surface area contributed by atoms with Crippen LogP contribution in [0.4, 0.5) is 0 Å². The van der Waals surface area contributed by atoms with E-state index >= 15 is 0 Å². The molecule has 37 heavy (non-hydrogen) atoms. The summed E-state index contributed by atoms with van der Waals surface area (Å²) in [6.07, 6.45) is 3.15. The number of rotatable bonds is 6. The van der Waals surface area contributed by atoms with Crippen LogP contribution >= 0.6 is 0 Å². The minimum Gasteiger partial charge on any atom is -0.545 e. The molecule has 2 aromatic heterocycles. The molecule has 0 atom stereocenters. The van der Waals surface area contributed by atoms with Gasteiger partial charge < -0.3 is 41.0 Å². The van der Waals surface area contributed by atoms with Crippen LogP contribution in [0.5, 0.6) is 0 Å². The van der Waals surface area contributed by atoms with Crippen molar-refractivity contribution in [1.82, 2.24) is 9.97 Å². The summed E-state index contributed by atoms with van der Waals surface area (Å²) >= 11 is 0. The molecule has 196 valence electrons. The Morgan fingerprint density at radius 3 is 1.30 bits per heavy atom. The molecule has 2 heterocycles. The minimum atomic E-state index is -1.21. The summed E-state index contributed by atoms with van der Waals surface area (Å²) in [7, 11) is 0. The van der Waals surface area contributed by atoms with Crippen LogP contribution in [-0.4, -0.2) is 32.1 Å². The van der Waals surface area contributed by atoms with Gasteiger partial charge in [0, 0.05) is 12.4 Å². The zero-order valence-corrected chi connectivity index (χ0v) is 20.4. The second-order valence-corrected chi connectivity index (χ2v) is 7.12. The predicted molar refractivity (Wildman–Crippen MR) is 130 cm³/mol. The Kier molecular flexibility index (Phi) is 14.2. The van der Waals surface area contributed by atoms with Gasteiger partial charge in [0.2, 0.25) is 0 Å². The van der Waals surface area contributed by atoms with Crippen molar-refractivity contribution in [1.29, 1.82) is 0 Å². The number of aliphatic hydroxyl groups excluding tert-OH is 2. The summed E-state index contributed by atoms with van der Waals surface area (Å²) in [5.41, 5.74) is 4.48. The molecular formula is C26H26N2NiO8+2. The van der Waals surface area contributed by atoms with Crippen LogP contribution in [0.15, 0.2) is 85.2 Å². The summed E-state index contributed by atoms with van der Waals surface area (Å²) in [4.78, 5) is 29.4. The molecule has 0 bridgehead atoms. The van der Waals surface area contributed by atoms with E-state index < -0.39 is 11.9 Å². The number of aromatic nitrogens is 2. The van der Waals surface area contributed by atoms with Gasteiger partial charge in [-0.15, -0.1) is 0 Å². The summed E-state index contributed by atoms with van der Waals surface area (Å²) in [5, 5.41) is 39.5. The van der Waals surface area contributed by atoms with Gasteiger partial charge in [-0.1, -0.05) is 36.4 Å². The van der Waals surface area contributed by atoms with Crippen molar-refractivity contribution in [2.75, 3.05) is 0 Å².